The fourth-order valence-corrected chi connectivity index (χ4v) is 1.53. The lowest BCUT2D eigenvalue weighted by Gasteiger charge is -2.07. The molecule has 0 spiro atoms. The zero-order chi connectivity index (χ0) is 10.1. The van der Waals surface area contributed by atoms with E-state index in [1.807, 2.05) is 25.4 Å². The van der Waals surface area contributed by atoms with E-state index in [4.69, 9.17) is 0 Å². The maximum atomic E-state index is 4.28. The zero-order valence-electron chi connectivity index (χ0n) is 8.65. The summed E-state index contributed by atoms with van der Waals surface area (Å²) in [6.07, 6.45) is 3.71. The van der Waals surface area contributed by atoms with E-state index >= 15 is 0 Å². The quantitative estimate of drug-likeness (QED) is 0.688. The highest BCUT2D eigenvalue weighted by atomic mass is 15.1. The van der Waals surface area contributed by atoms with Crippen LogP contribution in [0, 0.1) is 6.92 Å². The van der Waals surface area contributed by atoms with E-state index in [1.165, 1.54) is 5.56 Å². The van der Waals surface area contributed by atoms with Gasteiger partial charge in [0.2, 0.25) is 0 Å². The molecular weight excluding hydrogens is 174 g/mol. The van der Waals surface area contributed by atoms with E-state index in [2.05, 4.69) is 29.0 Å². The van der Waals surface area contributed by atoms with Gasteiger partial charge >= 0.3 is 0 Å². The van der Waals surface area contributed by atoms with Crippen molar-refractivity contribution in [1.82, 2.24) is 15.2 Å². The van der Waals surface area contributed by atoms with Crippen LogP contribution >= 0.6 is 0 Å². The normalized spacial score (nSPS) is 11.1. The van der Waals surface area contributed by atoms with Crippen LogP contribution in [0.3, 0.4) is 0 Å². The highest BCUT2D eigenvalue weighted by Crippen LogP contribution is 2.22. The summed E-state index contributed by atoms with van der Waals surface area (Å²) >= 11 is 0. The van der Waals surface area contributed by atoms with Crippen LogP contribution in [0.15, 0.2) is 18.5 Å². The Morgan fingerprint density at radius 3 is 2.71 bits per heavy atom. The summed E-state index contributed by atoms with van der Waals surface area (Å²) in [4.78, 5) is 4.28. The molecule has 0 saturated carbocycles. The van der Waals surface area contributed by atoms with Crippen LogP contribution in [-0.2, 0) is 0 Å². The Balaban J connectivity index is 2.75. The molecule has 0 fully saturated rings. The fraction of sp³-hybridized carbons (Fsp3) is 0.364. The van der Waals surface area contributed by atoms with Crippen LogP contribution in [0.4, 0.5) is 0 Å². The van der Waals surface area contributed by atoms with E-state index < -0.39 is 0 Å². The van der Waals surface area contributed by atoms with E-state index in [-0.39, 0.29) is 0 Å². The molecule has 2 rings (SSSR count). The molecule has 2 aromatic heterocycles. The second kappa shape index (κ2) is 3.33. The third-order valence-electron chi connectivity index (χ3n) is 2.31. The van der Waals surface area contributed by atoms with Crippen LogP contribution in [0.25, 0.3) is 10.9 Å². The van der Waals surface area contributed by atoms with Crippen molar-refractivity contribution in [1.29, 1.82) is 0 Å². The minimum absolute atomic E-state index is 0.456. The van der Waals surface area contributed by atoms with Gasteiger partial charge in [0.05, 0.1) is 11.7 Å². The van der Waals surface area contributed by atoms with Crippen molar-refractivity contribution in [2.24, 2.45) is 0 Å². The van der Waals surface area contributed by atoms with E-state index in [0.29, 0.717) is 5.92 Å². The number of hydrogen-bond acceptors (Lipinski definition) is 3. The van der Waals surface area contributed by atoms with Gasteiger partial charge in [-0.2, -0.15) is 10.2 Å². The molecule has 0 N–H and O–H groups in total. The molecular formula is C11H13N3. The molecule has 0 aliphatic heterocycles. The second-order valence-corrected chi connectivity index (χ2v) is 3.80. The molecule has 14 heavy (non-hydrogen) atoms. The van der Waals surface area contributed by atoms with E-state index in [0.717, 1.165) is 16.6 Å². The maximum Gasteiger partial charge on any atom is 0.0966 e. The van der Waals surface area contributed by atoms with Gasteiger partial charge in [-0.3, -0.25) is 4.98 Å². The Labute approximate surface area is 83.2 Å². The summed E-state index contributed by atoms with van der Waals surface area (Å²) in [5.41, 5.74) is 3.12. The molecule has 3 nitrogen and oxygen atoms in total. The molecule has 2 heterocycles. The Morgan fingerprint density at radius 2 is 2.00 bits per heavy atom. The first-order chi connectivity index (χ1) is 6.68. The lowest BCUT2D eigenvalue weighted by Crippen LogP contribution is -1.95. The minimum atomic E-state index is 0.456. The lowest BCUT2D eigenvalue weighted by atomic mass is 10.0. The Hall–Kier alpha value is -1.51. The third kappa shape index (κ3) is 1.45. The van der Waals surface area contributed by atoms with Gasteiger partial charge in [0.25, 0.3) is 0 Å². The monoisotopic (exact) mass is 187 g/mol. The molecule has 0 bridgehead atoms. The van der Waals surface area contributed by atoms with Gasteiger partial charge in [0, 0.05) is 17.3 Å². The predicted molar refractivity (Wildman–Crippen MR) is 56.2 cm³/mol. The van der Waals surface area contributed by atoms with E-state index in [1.54, 1.807) is 0 Å². The lowest BCUT2D eigenvalue weighted by molar-refractivity contribution is 0.856. The smallest absolute Gasteiger partial charge is 0.0966 e. The fourth-order valence-electron chi connectivity index (χ4n) is 1.53. The molecule has 2 aromatic rings. The SMILES string of the molecule is Cc1cc2nncc(C(C)C)c2cn1. The second-order valence-electron chi connectivity index (χ2n) is 3.80. The highest BCUT2D eigenvalue weighted by molar-refractivity contribution is 5.81. The van der Waals surface area contributed by atoms with Crippen LogP contribution in [-0.4, -0.2) is 15.2 Å². The van der Waals surface area contributed by atoms with Gasteiger partial charge in [0.15, 0.2) is 0 Å². The molecule has 0 radical (unpaired) electrons. The first-order valence-electron chi connectivity index (χ1n) is 4.76. The molecule has 0 amide bonds. The van der Waals surface area contributed by atoms with Gasteiger partial charge in [-0.1, -0.05) is 13.8 Å². The molecule has 72 valence electrons. The van der Waals surface area contributed by atoms with Gasteiger partial charge in [-0.05, 0) is 24.5 Å². The summed E-state index contributed by atoms with van der Waals surface area (Å²) in [6.45, 7) is 6.26. The molecule has 3 heteroatoms. The standard InChI is InChI=1S/C11H13N3/c1-7(2)9-6-13-14-11-4-8(3)12-5-10(9)11/h4-7H,1-3H3. The molecule has 0 aromatic carbocycles. The zero-order valence-corrected chi connectivity index (χ0v) is 8.65. The molecule has 0 aliphatic rings. The molecule has 0 unspecified atom stereocenters. The highest BCUT2D eigenvalue weighted by Gasteiger charge is 2.06. The van der Waals surface area contributed by atoms with Crippen molar-refractivity contribution in [2.45, 2.75) is 26.7 Å². The first-order valence-corrected chi connectivity index (χ1v) is 4.76. The van der Waals surface area contributed by atoms with Crippen LogP contribution in [0.1, 0.15) is 31.0 Å². The Bertz CT molecular complexity index is 463. The first kappa shape index (κ1) is 9.06. The average Bonchev–Trinajstić information content (AvgIpc) is 2.16. The van der Waals surface area contributed by atoms with Crippen molar-refractivity contribution in [3.05, 3.63) is 29.7 Å². The van der Waals surface area contributed by atoms with Crippen LogP contribution < -0.4 is 0 Å². The number of nitrogens with zero attached hydrogens (tertiary/aromatic N) is 3. The molecule has 0 atom stereocenters. The van der Waals surface area contributed by atoms with Crippen molar-refractivity contribution in [3.63, 3.8) is 0 Å². The van der Waals surface area contributed by atoms with E-state index in [9.17, 15) is 0 Å². The van der Waals surface area contributed by atoms with Gasteiger partial charge in [0.1, 0.15) is 0 Å². The predicted octanol–water partition coefficient (Wildman–Crippen LogP) is 2.46. The van der Waals surface area contributed by atoms with Crippen molar-refractivity contribution >= 4 is 10.9 Å². The maximum absolute atomic E-state index is 4.28. The van der Waals surface area contributed by atoms with Gasteiger partial charge in [-0.25, -0.2) is 0 Å². The van der Waals surface area contributed by atoms with Gasteiger partial charge in [-0.15, -0.1) is 0 Å². The summed E-state index contributed by atoms with van der Waals surface area (Å²) < 4.78 is 0. The van der Waals surface area contributed by atoms with Crippen molar-refractivity contribution in [2.75, 3.05) is 0 Å². The number of fused-ring (bicyclic) bond motifs is 1. The number of aryl methyl sites for hydroxylation is 1. The Kier molecular flexibility index (Phi) is 2.15. The average molecular weight is 187 g/mol. The summed E-state index contributed by atoms with van der Waals surface area (Å²) in [5, 5.41) is 9.20. The van der Waals surface area contributed by atoms with Crippen molar-refractivity contribution in [3.8, 4) is 0 Å². The topological polar surface area (TPSA) is 38.7 Å². The third-order valence-corrected chi connectivity index (χ3v) is 2.31. The van der Waals surface area contributed by atoms with Gasteiger partial charge < -0.3 is 0 Å². The molecule has 0 aliphatic carbocycles. The number of hydrogen-bond donors (Lipinski definition) is 0. The van der Waals surface area contributed by atoms with Crippen LogP contribution in [0.2, 0.25) is 0 Å². The minimum Gasteiger partial charge on any atom is -0.261 e. The Morgan fingerprint density at radius 1 is 1.21 bits per heavy atom. The number of pyridine rings is 1. The summed E-state index contributed by atoms with van der Waals surface area (Å²) in [5.74, 6) is 0.456. The van der Waals surface area contributed by atoms with Crippen molar-refractivity contribution < 1.29 is 0 Å². The van der Waals surface area contributed by atoms with Crippen LogP contribution in [0.5, 0.6) is 0 Å². The summed E-state index contributed by atoms with van der Waals surface area (Å²) in [7, 11) is 0. The number of rotatable bonds is 1. The molecule has 0 saturated heterocycles. The number of aromatic nitrogens is 3. The summed E-state index contributed by atoms with van der Waals surface area (Å²) in [6, 6.07) is 1.97. The largest absolute Gasteiger partial charge is 0.261 e.